The summed E-state index contributed by atoms with van der Waals surface area (Å²) in [6.07, 6.45) is 0. The number of amides is 1. The number of aryl methyl sites for hydroxylation is 1. The van der Waals surface area contributed by atoms with Crippen LogP contribution in [0.2, 0.25) is 0 Å². The molecule has 0 N–H and O–H groups in total. The number of aromatic nitrogens is 1. The third kappa shape index (κ3) is 3.76. The summed E-state index contributed by atoms with van der Waals surface area (Å²) in [6, 6.07) is 11.6. The van der Waals surface area contributed by atoms with E-state index >= 15 is 0 Å². The van der Waals surface area contributed by atoms with Crippen molar-refractivity contribution in [1.82, 2.24) is 4.57 Å². The van der Waals surface area contributed by atoms with Crippen molar-refractivity contribution < 1.29 is 14.3 Å². The highest BCUT2D eigenvalue weighted by atomic mass is 32.1. The number of carbonyl (C=O) groups is 1. The first-order valence-electron chi connectivity index (χ1n) is 8.92. The highest BCUT2D eigenvalue weighted by molar-refractivity contribution is 7.16. The van der Waals surface area contributed by atoms with E-state index in [1.54, 1.807) is 25.3 Å². The van der Waals surface area contributed by atoms with Crippen molar-refractivity contribution in [3.8, 4) is 11.5 Å². The van der Waals surface area contributed by atoms with Crippen LogP contribution in [-0.2, 0) is 6.54 Å². The summed E-state index contributed by atoms with van der Waals surface area (Å²) in [5.41, 5.74) is 2.76. The molecule has 0 saturated carbocycles. The summed E-state index contributed by atoms with van der Waals surface area (Å²) in [5, 5.41) is 0. The molecule has 0 spiro atoms. The number of nitrogens with zero attached hydrogens (tertiary/aromatic N) is 2. The number of methoxy groups -OCH3 is 2. The van der Waals surface area contributed by atoms with Gasteiger partial charge in [-0.25, -0.2) is 0 Å². The molecule has 27 heavy (non-hydrogen) atoms. The van der Waals surface area contributed by atoms with Gasteiger partial charge in [-0.3, -0.25) is 4.79 Å². The van der Waals surface area contributed by atoms with Gasteiger partial charge in [0.2, 0.25) is 0 Å². The molecule has 0 atom stereocenters. The van der Waals surface area contributed by atoms with Gasteiger partial charge in [-0.15, -0.1) is 0 Å². The summed E-state index contributed by atoms with van der Waals surface area (Å²) >= 11 is 1.53. The second kappa shape index (κ2) is 7.96. The molecule has 0 unspecified atom stereocenters. The average molecular weight is 385 g/mol. The van der Waals surface area contributed by atoms with Crippen molar-refractivity contribution >= 4 is 27.5 Å². The first-order chi connectivity index (χ1) is 13.0. The van der Waals surface area contributed by atoms with E-state index in [1.165, 1.54) is 24.0 Å². The molecule has 0 aliphatic carbocycles. The molecule has 1 amide bonds. The predicted molar refractivity (Wildman–Crippen MR) is 109 cm³/mol. The van der Waals surface area contributed by atoms with E-state index in [1.807, 2.05) is 0 Å². The van der Waals surface area contributed by atoms with Gasteiger partial charge in [0, 0.05) is 6.54 Å². The van der Waals surface area contributed by atoms with E-state index < -0.39 is 0 Å². The number of benzene rings is 2. The number of carbonyl (C=O) groups excluding carboxylic acids is 1. The molecule has 0 aliphatic rings. The zero-order chi connectivity index (χ0) is 19.6. The third-order valence-corrected chi connectivity index (χ3v) is 5.57. The van der Waals surface area contributed by atoms with Crippen LogP contribution in [0.4, 0.5) is 0 Å². The second-order valence-corrected chi connectivity index (χ2v) is 7.50. The standard InChI is InChI=1S/C21H24N2O3S/c1-6-23-17-9-7-14(13(2)3)11-19(17)27-21(23)22-20(24)16-12-15(25-4)8-10-18(16)26-5/h7-13H,6H2,1-5H3. The number of rotatable bonds is 5. The summed E-state index contributed by atoms with van der Waals surface area (Å²) in [5.74, 6) is 1.18. The maximum Gasteiger partial charge on any atom is 0.283 e. The number of fused-ring (bicyclic) bond motifs is 1. The normalized spacial score (nSPS) is 12.0. The quantitative estimate of drug-likeness (QED) is 0.646. The van der Waals surface area contributed by atoms with Crippen molar-refractivity contribution in [2.45, 2.75) is 33.2 Å². The largest absolute Gasteiger partial charge is 0.497 e. The van der Waals surface area contributed by atoms with Crippen LogP contribution in [-0.4, -0.2) is 24.7 Å². The highest BCUT2D eigenvalue weighted by Crippen LogP contribution is 2.26. The average Bonchev–Trinajstić information content (AvgIpc) is 3.03. The Kier molecular flexibility index (Phi) is 5.65. The Morgan fingerprint density at radius 1 is 1.15 bits per heavy atom. The molecule has 0 aliphatic heterocycles. The fourth-order valence-electron chi connectivity index (χ4n) is 2.97. The molecule has 0 saturated heterocycles. The van der Waals surface area contributed by atoms with E-state index in [-0.39, 0.29) is 5.91 Å². The van der Waals surface area contributed by atoms with Crippen LogP contribution in [0.25, 0.3) is 10.2 Å². The van der Waals surface area contributed by atoms with Gasteiger partial charge >= 0.3 is 0 Å². The minimum absolute atomic E-state index is 0.344. The van der Waals surface area contributed by atoms with Crippen molar-refractivity contribution in [3.05, 3.63) is 52.3 Å². The monoisotopic (exact) mass is 384 g/mol. The molecule has 1 aromatic heterocycles. The summed E-state index contributed by atoms with van der Waals surface area (Å²) in [7, 11) is 3.11. The Morgan fingerprint density at radius 2 is 1.93 bits per heavy atom. The third-order valence-electron chi connectivity index (χ3n) is 4.52. The van der Waals surface area contributed by atoms with Crippen molar-refractivity contribution in [2.75, 3.05) is 14.2 Å². The molecule has 6 heteroatoms. The van der Waals surface area contributed by atoms with Crippen molar-refractivity contribution in [1.29, 1.82) is 0 Å². The zero-order valence-corrected chi connectivity index (χ0v) is 17.1. The molecular formula is C21H24N2O3S. The van der Waals surface area contributed by atoms with Gasteiger partial charge in [0.1, 0.15) is 11.5 Å². The van der Waals surface area contributed by atoms with Gasteiger partial charge < -0.3 is 14.0 Å². The first kappa shape index (κ1) is 19.2. The number of ether oxygens (including phenoxy) is 2. The van der Waals surface area contributed by atoms with Crippen molar-refractivity contribution in [2.24, 2.45) is 4.99 Å². The molecule has 2 aromatic carbocycles. The van der Waals surface area contributed by atoms with Crippen LogP contribution >= 0.6 is 11.3 Å². The van der Waals surface area contributed by atoms with Crippen LogP contribution in [0, 0.1) is 0 Å². The van der Waals surface area contributed by atoms with Gasteiger partial charge in [0.25, 0.3) is 5.91 Å². The van der Waals surface area contributed by atoms with Crippen LogP contribution in [0.3, 0.4) is 0 Å². The molecule has 142 valence electrons. The van der Waals surface area contributed by atoms with Gasteiger partial charge in [-0.2, -0.15) is 4.99 Å². The highest BCUT2D eigenvalue weighted by Gasteiger charge is 2.15. The van der Waals surface area contributed by atoms with E-state index in [9.17, 15) is 4.79 Å². The van der Waals surface area contributed by atoms with Crippen LogP contribution in [0.15, 0.2) is 41.4 Å². The van der Waals surface area contributed by atoms with Crippen LogP contribution in [0.5, 0.6) is 11.5 Å². The smallest absolute Gasteiger partial charge is 0.283 e. The Hall–Kier alpha value is -2.60. The number of thiazole rings is 1. The lowest BCUT2D eigenvalue weighted by molar-refractivity contribution is 0.0994. The van der Waals surface area contributed by atoms with E-state index in [2.05, 4.69) is 48.5 Å². The Labute approximate surface area is 162 Å². The minimum Gasteiger partial charge on any atom is -0.497 e. The summed E-state index contributed by atoms with van der Waals surface area (Å²) in [4.78, 5) is 18.0. The molecule has 3 rings (SSSR count). The maximum absolute atomic E-state index is 12.9. The Bertz CT molecular complexity index is 1050. The van der Waals surface area contributed by atoms with Crippen LogP contribution < -0.4 is 14.3 Å². The summed E-state index contributed by atoms with van der Waals surface area (Å²) in [6.45, 7) is 7.14. The molecular weight excluding hydrogens is 360 g/mol. The minimum atomic E-state index is -0.344. The molecule has 5 nitrogen and oxygen atoms in total. The molecule has 0 radical (unpaired) electrons. The Morgan fingerprint density at radius 3 is 2.56 bits per heavy atom. The predicted octanol–water partition coefficient (Wildman–Crippen LogP) is 4.60. The van der Waals surface area contributed by atoms with Gasteiger partial charge in [0.15, 0.2) is 4.80 Å². The van der Waals surface area contributed by atoms with E-state index in [0.29, 0.717) is 27.8 Å². The second-order valence-electron chi connectivity index (χ2n) is 6.49. The maximum atomic E-state index is 12.9. The fourth-order valence-corrected chi connectivity index (χ4v) is 4.11. The lowest BCUT2D eigenvalue weighted by atomic mass is 10.0. The SMILES string of the molecule is CCn1c(=NC(=O)c2cc(OC)ccc2OC)sc2cc(C(C)C)ccc21. The first-order valence-corrected chi connectivity index (χ1v) is 9.74. The van der Waals surface area contributed by atoms with Crippen LogP contribution in [0.1, 0.15) is 42.6 Å². The topological polar surface area (TPSA) is 52.8 Å². The molecule has 3 aromatic rings. The van der Waals surface area contributed by atoms with Gasteiger partial charge in [0.05, 0.1) is 30.0 Å². The van der Waals surface area contributed by atoms with E-state index in [0.717, 1.165) is 16.8 Å². The van der Waals surface area contributed by atoms with Gasteiger partial charge in [-0.1, -0.05) is 31.3 Å². The number of hydrogen-bond donors (Lipinski definition) is 0. The summed E-state index contributed by atoms with van der Waals surface area (Å²) < 4.78 is 13.7. The lowest BCUT2D eigenvalue weighted by Crippen LogP contribution is -2.16. The lowest BCUT2D eigenvalue weighted by Gasteiger charge is -2.07. The fraction of sp³-hybridized carbons (Fsp3) is 0.333. The van der Waals surface area contributed by atoms with Crippen molar-refractivity contribution in [3.63, 3.8) is 0 Å². The Balaban J connectivity index is 2.14. The van der Waals surface area contributed by atoms with Gasteiger partial charge in [-0.05, 0) is 48.7 Å². The molecule has 0 bridgehead atoms. The number of hydrogen-bond acceptors (Lipinski definition) is 4. The molecule has 0 fully saturated rings. The zero-order valence-electron chi connectivity index (χ0n) is 16.3. The molecule has 1 heterocycles. The van der Waals surface area contributed by atoms with E-state index in [4.69, 9.17) is 9.47 Å².